The van der Waals surface area contributed by atoms with Gasteiger partial charge in [-0.15, -0.1) is 0 Å². The van der Waals surface area contributed by atoms with Crippen LogP contribution in [0, 0.1) is 6.92 Å². The molecule has 0 aliphatic rings. The third-order valence-corrected chi connectivity index (χ3v) is 2.99. The first-order chi connectivity index (χ1) is 11.3. The summed E-state index contributed by atoms with van der Waals surface area (Å²) in [5.41, 5.74) is 1.89. The molecule has 0 spiro atoms. The van der Waals surface area contributed by atoms with Gasteiger partial charge in [-0.1, -0.05) is 0 Å². The summed E-state index contributed by atoms with van der Waals surface area (Å²) in [6, 6.07) is 9.25. The van der Waals surface area contributed by atoms with Crippen LogP contribution < -0.4 is 15.4 Å². The van der Waals surface area contributed by atoms with E-state index in [0.717, 1.165) is 17.1 Å². The van der Waals surface area contributed by atoms with E-state index in [-0.39, 0.29) is 18.1 Å². The highest BCUT2D eigenvalue weighted by atomic mass is 16.5. The Kier molecular flexibility index (Phi) is 5.73. The minimum Gasteiger partial charge on any atom is -0.491 e. The third-order valence-electron chi connectivity index (χ3n) is 2.99. The van der Waals surface area contributed by atoms with E-state index in [9.17, 15) is 4.79 Å². The number of carbonyl (C=O) groups excluding carboxylic acids is 1. The van der Waals surface area contributed by atoms with Gasteiger partial charge in [-0.25, -0.2) is 9.97 Å². The maximum absolute atomic E-state index is 12.1. The van der Waals surface area contributed by atoms with Crippen LogP contribution in [0.2, 0.25) is 0 Å². The van der Waals surface area contributed by atoms with Crippen molar-refractivity contribution in [3.8, 4) is 5.75 Å². The Balaban J connectivity index is 2.14. The summed E-state index contributed by atoms with van der Waals surface area (Å²) in [7, 11) is 0. The van der Waals surface area contributed by atoms with E-state index >= 15 is 0 Å². The minimum absolute atomic E-state index is 0.0534. The molecular weight excluding hydrogens is 304 g/mol. The normalized spacial score (nSPS) is 10.8. The number of aromatic nitrogens is 2. The van der Waals surface area contributed by atoms with Crippen molar-refractivity contribution in [3.63, 3.8) is 0 Å². The highest BCUT2D eigenvalue weighted by Gasteiger charge is 2.11. The second-order valence-electron chi connectivity index (χ2n) is 6.16. The van der Waals surface area contributed by atoms with Crippen LogP contribution in [0.4, 0.5) is 11.6 Å². The fourth-order valence-electron chi connectivity index (χ4n) is 2.10. The zero-order chi connectivity index (χ0) is 17.7. The van der Waals surface area contributed by atoms with Crippen LogP contribution in [0.15, 0.2) is 30.3 Å². The molecule has 0 saturated heterocycles. The molecule has 2 N–H and O–H groups in total. The van der Waals surface area contributed by atoms with Gasteiger partial charge in [-0.05, 0) is 65.0 Å². The van der Waals surface area contributed by atoms with Crippen LogP contribution in [0.5, 0.6) is 5.75 Å². The van der Waals surface area contributed by atoms with Crippen LogP contribution in [-0.4, -0.2) is 28.0 Å². The molecule has 24 heavy (non-hydrogen) atoms. The van der Waals surface area contributed by atoms with Crippen molar-refractivity contribution in [3.05, 3.63) is 41.7 Å². The fraction of sp³-hybridized carbons (Fsp3) is 0.389. The van der Waals surface area contributed by atoms with Gasteiger partial charge in [-0.3, -0.25) is 4.79 Å². The first-order valence-corrected chi connectivity index (χ1v) is 8.04. The van der Waals surface area contributed by atoms with Crippen LogP contribution in [0.25, 0.3) is 0 Å². The summed E-state index contributed by atoms with van der Waals surface area (Å²) in [5.74, 6) is 0.985. The maximum Gasteiger partial charge on any atom is 0.270 e. The lowest BCUT2D eigenvalue weighted by atomic mass is 10.3. The Labute approximate surface area is 142 Å². The lowest BCUT2D eigenvalue weighted by molar-refractivity contribution is 0.0938. The molecule has 0 saturated carbocycles. The van der Waals surface area contributed by atoms with Crippen molar-refractivity contribution in [2.24, 2.45) is 0 Å². The summed E-state index contributed by atoms with van der Waals surface area (Å²) in [4.78, 5) is 20.7. The summed E-state index contributed by atoms with van der Waals surface area (Å²) in [6.07, 6.45) is 0.131. The predicted molar refractivity (Wildman–Crippen MR) is 94.9 cm³/mol. The van der Waals surface area contributed by atoms with Crippen LogP contribution >= 0.6 is 0 Å². The molecule has 1 amide bonds. The van der Waals surface area contributed by atoms with Crippen molar-refractivity contribution in [2.75, 3.05) is 5.32 Å². The van der Waals surface area contributed by atoms with E-state index in [1.54, 1.807) is 6.07 Å². The van der Waals surface area contributed by atoms with Gasteiger partial charge in [0.05, 0.1) is 6.10 Å². The Hall–Kier alpha value is -2.63. The summed E-state index contributed by atoms with van der Waals surface area (Å²) in [5, 5.41) is 5.95. The van der Waals surface area contributed by atoms with Gasteiger partial charge in [0, 0.05) is 17.4 Å². The lowest BCUT2D eigenvalue weighted by Gasteiger charge is -2.12. The Morgan fingerprint density at radius 2 is 1.75 bits per heavy atom. The number of anilines is 2. The van der Waals surface area contributed by atoms with Crippen molar-refractivity contribution in [1.29, 1.82) is 0 Å². The second kappa shape index (κ2) is 7.77. The molecule has 128 valence electrons. The van der Waals surface area contributed by atoms with E-state index in [1.807, 2.05) is 58.9 Å². The molecule has 0 fully saturated rings. The number of nitrogens with one attached hydrogen (secondary N) is 2. The van der Waals surface area contributed by atoms with Gasteiger partial charge in [-0.2, -0.15) is 0 Å². The standard InChI is InChI=1S/C18H24N4O2/c1-11(2)19-17(23)16-10-13(5)20-18(22-16)21-14-6-8-15(9-7-14)24-12(3)4/h6-12H,1-5H3,(H,19,23)(H,20,21,22). The number of hydrogen-bond acceptors (Lipinski definition) is 5. The summed E-state index contributed by atoms with van der Waals surface area (Å²) >= 11 is 0. The van der Waals surface area contributed by atoms with E-state index in [0.29, 0.717) is 11.6 Å². The number of carbonyl (C=O) groups is 1. The largest absolute Gasteiger partial charge is 0.491 e. The molecule has 6 nitrogen and oxygen atoms in total. The molecule has 0 aliphatic heterocycles. The van der Waals surface area contributed by atoms with E-state index < -0.39 is 0 Å². The zero-order valence-corrected chi connectivity index (χ0v) is 14.8. The van der Waals surface area contributed by atoms with Gasteiger partial charge in [0.1, 0.15) is 11.4 Å². The number of rotatable bonds is 6. The van der Waals surface area contributed by atoms with E-state index in [4.69, 9.17) is 4.74 Å². The third kappa shape index (κ3) is 5.22. The highest BCUT2D eigenvalue weighted by Crippen LogP contribution is 2.19. The molecule has 1 heterocycles. The van der Waals surface area contributed by atoms with Gasteiger partial charge in [0.25, 0.3) is 5.91 Å². The molecule has 2 rings (SSSR count). The SMILES string of the molecule is Cc1cc(C(=O)NC(C)C)nc(Nc2ccc(OC(C)C)cc2)n1. The number of aryl methyl sites for hydroxylation is 1. The Bertz CT molecular complexity index is 697. The van der Waals surface area contributed by atoms with Gasteiger partial charge >= 0.3 is 0 Å². The van der Waals surface area contributed by atoms with Gasteiger partial charge in [0.15, 0.2) is 0 Å². The first-order valence-electron chi connectivity index (χ1n) is 8.04. The van der Waals surface area contributed by atoms with Gasteiger partial charge < -0.3 is 15.4 Å². The molecule has 1 aromatic heterocycles. The van der Waals surface area contributed by atoms with Crippen molar-refractivity contribution >= 4 is 17.5 Å². The van der Waals surface area contributed by atoms with Crippen LogP contribution in [-0.2, 0) is 0 Å². The molecule has 2 aromatic rings. The highest BCUT2D eigenvalue weighted by molar-refractivity contribution is 5.92. The monoisotopic (exact) mass is 328 g/mol. The quantitative estimate of drug-likeness (QED) is 0.849. The van der Waals surface area contributed by atoms with Crippen molar-refractivity contribution in [1.82, 2.24) is 15.3 Å². The molecule has 0 bridgehead atoms. The Morgan fingerprint density at radius 1 is 1.08 bits per heavy atom. The topological polar surface area (TPSA) is 76.1 Å². The number of benzene rings is 1. The molecule has 0 radical (unpaired) electrons. The number of hydrogen-bond donors (Lipinski definition) is 2. The molecular formula is C18H24N4O2. The summed E-state index contributed by atoms with van der Waals surface area (Å²) in [6.45, 7) is 9.61. The lowest BCUT2D eigenvalue weighted by Crippen LogP contribution is -2.31. The maximum atomic E-state index is 12.1. The molecule has 6 heteroatoms. The fourth-order valence-corrected chi connectivity index (χ4v) is 2.10. The number of nitrogens with zero attached hydrogens (tertiary/aromatic N) is 2. The van der Waals surface area contributed by atoms with Crippen molar-refractivity contribution in [2.45, 2.75) is 46.8 Å². The Morgan fingerprint density at radius 3 is 2.33 bits per heavy atom. The first kappa shape index (κ1) is 17.7. The van der Waals surface area contributed by atoms with Crippen molar-refractivity contribution < 1.29 is 9.53 Å². The summed E-state index contributed by atoms with van der Waals surface area (Å²) < 4.78 is 5.61. The van der Waals surface area contributed by atoms with E-state index in [2.05, 4.69) is 20.6 Å². The zero-order valence-electron chi connectivity index (χ0n) is 14.8. The molecule has 0 unspecified atom stereocenters. The minimum atomic E-state index is -0.209. The second-order valence-corrected chi connectivity index (χ2v) is 6.16. The molecule has 0 aliphatic carbocycles. The average molecular weight is 328 g/mol. The van der Waals surface area contributed by atoms with Gasteiger partial charge in [0.2, 0.25) is 5.95 Å². The number of amides is 1. The predicted octanol–water partition coefficient (Wildman–Crippen LogP) is 3.45. The van der Waals surface area contributed by atoms with E-state index in [1.165, 1.54) is 0 Å². The molecule has 0 atom stereocenters. The van der Waals surface area contributed by atoms with Crippen LogP contribution in [0.3, 0.4) is 0 Å². The molecule has 1 aromatic carbocycles. The smallest absolute Gasteiger partial charge is 0.270 e. The van der Waals surface area contributed by atoms with Crippen LogP contribution in [0.1, 0.15) is 43.9 Å². The number of ether oxygens (including phenoxy) is 1. The average Bonchev–Trinajstić information content (AvgIpc) is 2.47.